The minimum Gasteiger partial charge on any atom is -0.379 e. The topological polar surface area (TPSA) is 139 Å². The van der Waals surface area contributed by atoms with Crippen LogP contribution in [0.15, 0.2) is 12.2 Å². The number of amides is 2. The van der Waals surface area contributed by atoms with E-state index in [1.807, 2.05) is 0 Å². The predicted octanol–water partition coefficient (Wildman–Crippen LogP) is 4.41. The Morgan fingerprint density at radius 3 is 0.830 bits per heavy atom. The van der Waals surface area contributed by atoms with E-state index >= 15 is 0 Å². The normalized spacial score (nSPS) is 13.0. The van der Waals surface area contributed by atoms with Crippen LogP contribution in [0.3, 0.4) is 0 Å². The van der Waals surface area contributed by atoms with Gasteiger partial charge in [0.1, 0.15) is 0 Å². The first-order chi connectivity index (χ1) is 26.3. The van der Waals surface area contributed by atoms with Gasteiger partial charge in [-0.2, -0.15) is 0 Å². The maximum absolute atomic E-state index is 11.4. The molecule has 0 fully saturated rings. The van der Waals surface area contributed by atoms with Crippen molar-refractivity contribution in [2.24, 2.45) is 0 Å². The van der Waals surface area contributed by atoms with E-state index < -0.39 is 0 Å². The zero-order chi connectivity index (χ0) is 38.0. The predicted molar refractivity (Wildman–Crippen MR) is 201 cm³/mol. The molecule has 1 heterocycles. The highest BCUT2D eigenvalue weighted by Gasteiger charge is 2.22. The molecular weight excluding hydrogens is 690 g/mol. The molecule has 2 amide bonds. The van der Waals surface area contributed by atoms with E-state index in [9.17, 15) is 9.59 Å². The summed E-state index contributed by atoms with van der Waals surface area (Å²) in [6.45, 7) is 13.7. The van der Waals surface area contributed by atoms with Gasteiger partial charge in [-0.05, 0) is 6.42 Å². The van der Waals surface area contributed by atoms with E-state index in [1.54, 1.807) is 0 Å². The number of nitrogens with zero attached hydrogens (tertiary/aromatic N) is 1. The molecule has 0 N–H and O–H groups in total. The standard InChI is InChI=1S/C39H73NO13/c1-2-3-4-5-6-7-8-9-10-11-12-16-43-18-20-45-22-24-47-26-28-49-30-32-51-34-36-53-37-35-52-33-31-50-29-27-48-25-23-46-21-19-44-17-15-40-38(41)13-14-39(40)42/h13-14H,2-12,15-37H2,1H3. The Bertz CT molecular complexity index is 802. The van der Waals surface area contributed by atoms with Crippen LogP contribution in [0.4, 0.5) is 0 Å². The molecule has 312 valence electrons. The van der Waals surface area contributed by atoms with Crippen LogP contribution in [0.1, 0.15) is 77.6 Å². The van der Waals surface area contributed by atoms with Crippen LogP contribution in [0.2, 0.25) is 0 Å². The van der Waals surface area contributed by atoms with Gasteiger partial charge in [-0.25, -0.2) is 0 Å². The first kappa shape index (κ1) is 49.5. The fourth-order valence-corrected chi connectivity index (χ4v) is 4.98. The number of carbonyl (C=O) groups excluding carboxylic acids is 2. The molecule has 0 aromatic heterocycles. The lowest BCUT2D eigenvalue weighted by Gasteiger charge is -2.13. The van der Waals surface area contributed by atoms with Crippen molar-refractivity contribution in [2.75, 3.05) is 152 Å². The Hall–Kier alpha value is -1.56. The van der Waals surface area contributed by atoms with Gasteiger partial charge >= 0.3 is 0 Å². The zero-order valence-electron chi connectivity index (χ0n) is 33.0. The average molecular weight is 764 g/mol. The molecule has 0 aromatic rings. The SMILES string of the molecule is CCCCCCCCCCCCCOCCOCCOCCOCCOCCOCCOCCOCCOCCOCCOCCN1C(=O)C=CC1=O. The van der Waals surface area contributed by atoms with Crippen LogP contribution < -0.4 is 0 Å². The van der Waals surface area contributed by atoms with Crippen LogP contribution in [0.5, 0.6) is 0 Å². The van der Waals surface area contributed by atoms with Crippen molar-refractivity contribution in [1.29, 1.82) is 0 Å². The fourth-order valence-electron chi connectivity index (χ4n) is 4.98. The molecule has 1 aliphatic rings. The number of ether oxygens (including phenoxy) is 11. The summed E-state index contributed by atoms with van der Waals surface area (Å²) in [5, 5.41) is 0. The lowest BCUT2D eigenvalue weighted by Crippen LogP contribution is -2.33. The van der Waals surface area contributed by atoms with Crippen molar-refractivity contribution in [1.82, 2.24) is 4.90 Å². The number of hydrogen-bond donors (Lipinski definition) is 0. The van der Waals surface area contributed by atoms with Crippen LogP contribution in [0, 0.1) is 0 Å². The largest absolute Gasteiger partial charge is 0.379 e. The van der Waals surface area contributed by atoms with Gasteiger partial charge in [0, 0.05) is 18.8 Å². The average Bonchev–Trinajstić information content (AvgIpc) is 3.49. The second-order valence-corrected chi connectivity index (χ2v) is 12.4. The van der Waals surface area contributed by atoms with Crippen LogP contribution in [0.25, 0.3) is 0 Å². The van der Waals surface area contributed by atoms with Gasteiger partial charge in [0.05, 0.1) is 145 Å². The van der Waals surface area contributed by atoms with E-state index in [0.717, 1.165) is 17.9 Å². The molecule has 1 rings (SSSR count). The van der Waals surface area contributed by atoms with Crippen molar-refractivity contribution >= 4 is 11.8 Å². The summed E-state index contributed by atoms with van der Waals surface area (Å²) < 4.78 is 60.5. The minimum absolute atomic E-state index is 0.241. The third-order valence-corrected chi connectivity index (χ3v) is 7.97. The highest BCUT2D eigenvalue weighted by atomic mass is 16.6. The number of rotatable bonds is 45. The smallest absolute Gasteiger partial charge is 0.253 e. The molecule has 0 saturated heterocycles. The van der Waals surface area contributed by atoms with Gasteiger partial charge in [0.15, 0.2) is 0 Å². The molecule has 0 aliphatic carbocycles. The van der Waals surface area contributed by atoms with Gasteiger partial charge in [0.2, 0.25) is 0 Å². The number of unbranched alkanes of at least 4 members (excludes halogenated alkanes) is 10. The number of imide groups is 1. The molecule has 0 aromatic carbocycles. The summed E-state index contributed by atoms with van der Waals surface area (Å²) in [6.07, 6.45) is 17.3. The molecule has 53 heavy (non-hydrogen) atoms. The number of carbonyl (C=O) groups is 2. The highest BCUT2D eigenvalue weighted by molar-refractivity contribution is 6.12. The Balaban J connectivity index is 1.61. The van der Waals surface area contributed by atoms with Crippen LogP contribution >= 0.6 is 0 Å². The van der Waals surface area contributed by atoms with E-state index in [0.29, 0.717) is 132 Å². The van der Waals surface area contributed by atoms with Gasteiger partial charge in [-0.3, -0.25) is 14.5 Å². The van der Waals surface area contributed by atoms with Gasteiger partial charge in [0.25, 0.3) is 11.8 Å². The maximum atomic E-state index is 11.4. The molecule has 0 unspecified atom stereocenters. The first-order valence-corrected chi connectivity index (χ1v) is 20.1. The first-order valence-electron chi connectivity index (χ1n) is 20.1. The molecule has 0 spiro atoms. The lowest BCUT2D eigenvalue weighted by molar-refractivity contribution is -0.137. The molecule has 0 atom stereocenters. The second-order valence-electron chi connectivity index (χ2n) is 12.4. The van der Waals surface area contributed by atoms with E-state index in [-0.39, 0.29) is 25.0 Å². The van der Waals surface area contributed by atoms with Crippen LogP contribution in [-0.2, 0) is 61.7 Å². The van der Waals surface area contributed by atoms with Crippen LogP contribution in [-0.4, -0.2) is 169 Å². The molecule has 0 saturated carbocycles. The Kier molecular flexibility index (Phi) is 38.8. The van der Waals surface area contributed by atoms with E-state index in [2.05, 4.69) is 6.92 Å². The Morgan fingerprint density at radius 1 is 0.321 bits per heavy atom. The summed E-state index contributed by atoms with van der Waals surface area (Å²) in [6, 6.07) is 0. The third-order valence-electron chi connectivity index (χ3n) is 7.97. The second kappa shape index (κ2) is 41.6. The molecular formula is C39H73NO13. The van der Waals surface area contributed by atoms with Gasteiger partial charge in [-0.15, -0.1) is 0 Å². The molecule has 1 aliphatic heterocycles. The molecule has 14 heteroatoms. The van der Waals surface area contributed by atoms with E-state index in [4.69, 9.17) is 52.1 Å². The van der Waals surface area contributed by atoms with Crippen molar-refractivity contribution in [2.45, 2.75) is 77.6 Å². The van der Waals surface area contributed by atoms with Crippen molar-refractivity contribution < 1.29 is 61.7 Å². The van der Waals surface area contributed by atoms with Gasteiger partial charge < -0.3 is 52.1 Å². The van der Waals surface area contributed by atoms with Crippen molar-refractivity contribution in [3.8, 4) is 0 Å². The maximum Gasteiger partial charge on any atom is 0.253 e. The summed E-state index contributed by atoms with van der Waals surface area (Å²) in [4.78, 5) is 24.0. The third kappa shape index (κ3) is 35.9. The quantitative estimate of drug-likeness (QED) is 0.0640. The summed E-state index contributed by atoms with van der Waals surface area (Å²) in [5.41, 5.74) is 0. The van der Waals surface area contributed by atoms with Crippen molar-refractivity contribution in [3.05, 3.63) is 12.2 Å². The summed E-state index contributed by atoms with van der Waals surface area (Å²) in [7, 11) is 0. The van der Waals surface area contributed by atoms with Crippen molar-refractivity contribution in [3.63, 3.8) is 0 Å². The van der Waals surface area contributed by atoms with Gasteiger partial charge in [-0.1, -0.05) is 71.1 Å². The lowest BCUT2D eigenvalue weighted by atomic mass is 10.1. The number of hydrogen-bond acceptors (Lipinski definition) is 13. The molecule has 14 nitrogen and oxygen atoms in total. The Morgan fingerprint density at radius 2 is 0.547 bits per heavy atom. The Labute approximate surface area is 319 Å². The summed E-state index contributed by atoms with van der Waals surface area (Å²) in [5.74, 6) is -0.608. The zero-order valence-corrected chi connectivity index (χ0v) is 33.0. The monoisotopic (exact) mass is 764 g/mol. The highest BCUT2D eigenvalue weighted by Crippen LogP contribution is 2.11. The molecule has 0 bridgehead atoms. The summed E-state index contributed by atoms with van der Waals surface area (Å²) >= 11 is 0. The molecule has 0 radical (unpaired) electrons. The fraction of sp³-hybridized carbons (Fsp3) is 0.897. The minimum atomic E-state index is -0.304. The van der Waals surface area contributed by atoms with E-state index in [1.165, 1.54) is 76.4 Å².